The molecular formula is C12H21N3O2S. The lowest BCUT2D eigenvalue weighted by Crippen LogP contribution is -2.31. The molecule has 0 atom stereocenters. The number of aryl methyl sites for hydroxylation is 1. The molecule has 5 nitrogen and oxygen atoms in total. The number of hydrogen-bond donors (Lipinski definition) is 2. The van der Waals surface area contributed by atoms with Crippen LogP contribution in [0.2, 0.25) is 0 Å². The predicted molar refractivity (Wildman–Crippen MR) is 74.0 cm³/mol. The van der Waals surface area contributed by atoms with Crippen LogP contribution in [0.5, 0.6) is 0 Å². The zero-order valence-electron chi connectivity index (χ0n) is 11.1. The first-order valence-electron chi connectivity index (χ1n) is 5.89. The standard InChI is InChI=1S/C12H21N3O2S/c1-4-10-5-6-11(9-12(10)13)18(16,17)14-7-8-15(2)3/h5-6,9,14H,4,7-8,13H2,1-3H3. The van der Waals surface area contributed by atoms with Crippen LogP contribution in [0.25, 0.3) is 0 Å². The lowest BCUT2D eigenvalue weighted by molar-refractivity contribution is 0.412. The SMILES string of the molecule is CCc1ccc(S(=O)(=O)NCCN(C)C)cc1N. The van der Waals surface area contributed by atoms with Crippen molar-refractivity contribution in [1.82, 2.24) is 9.62 Å². The van der Waals surface area contributed by atoms with Crippen molar-refractivity contribution in [1.29, 1.82) is 0 Å². The fraction of sp³-hybridized carbons (Fsp3) is 0.500. The van der Waals surface area contributed by atoms with Gasteiger partial charge in [0.1, 0.15) is 0 Å². The van der Waals surface area contributed by atoms with Gasteiger partial charge >= 0.3 is 0 Å². The van der Waals surface area contributed by atoms with Crippen LogP contribution in [0.15, 0.2) is 23.1 Å². The topological polar surface area (TPSA) is 75.4 Å². The van der Waals surface area contributed by atoms with Gasteiger partial charge in [-0.1, -0.05) is 13.0 Å². The number of likely N-dealkylation sites (N-methyl/N-ethyl adjacent to an activating group) is 1. The second-order valence-electron chi connectivity index (χ2n) is 4.42. The fourth-order valence-electron chi connectivity index (χ4n) is 1.55. The van der Waals surface area contributed by atoms with Gasteiger partial charge in [-0.25, -0.2) is 13.1 Å². The smallest absolute Gasteiger partial charge is 0.240 e. The van der Waals surface area contributed by atoms with Gasteiger partial charge in [0.15, 0.2) is 0 Å². The van der Waals surface area contributed by atoms with Crippen molar-refractivity contribution in [2.75, 3.05) is 32.9 Å². The third-order valence-electron chi connectivity index (χ3n) is 2.66. The maximum Gasteiger partial charge on any atom is 0.240 e. The van der Waals surface area contributed by atoms with Gasteiger partial charge in [-0.05, 0) is 38.2 Å². The molecule has 1 rings (SSSR count). The highest BCUT2D eigenvalue weighted by Gasteiger charge is 2.14. The van der Waals surface area contributed by atoms with Crippen molar-refractivity contribution in [3.05, 3.63) is 23.8 Å². The molecular weight excluding hydrogens is 250 g/mol. The van der Waals surface area contributed by atoms with E-state index in [1.54, 1.807) is 12.1 Å². The van der Waals surface area contributed by atoms with Crippen LogP contribution in [0.1, 0.15) is 12.5 Å². The number of nitrogen functional groups attached to an aromatic ring is 1. The third-order valence-corrected chi connectivity index (χ3v) is 4.12. The van der Waals surface area contributed by atoms with E-state index < -0.39 is 10.0 Å². The molecule has 0 heterocycles. The second-order valence-corrected chi connectivity index (χ2v) is 6.18. The zero-order valence-corrected chi connectivity index (χ0v) is 11.9. The summed E-state index contributed by atoms with van der Waals surface area (Å²) in [6, 6.07) is 4.86. The number of nitrogens with two attached hydrogens (primary N) is 1. The first-order chi connectivity index (χ1) is 8.36. The molecule has 0 aromatic heterocycles. The lowest BCUT2D eigenvalue weighted by Gasteiger charge is -2.12. The number of hydrogen-bond acceptors (Lipinski definition) is 4. The molecule has 0 aliphatic rings. The molecule has 0 spiro atoms. The Bertz CT molecular complexity index is 498. The Kier molecular flexibility index (Phi) is 5.13. The van der Waals surface area contributed by atoms with Crippen LogP contribution in [-0.4, -0.2) is 40.5 Å². The molecule has 3 N–H and O–H groups in total. The van der Waals surface area contributed by atoms with E-state index in [2.05, 4.69) is 4.72 Å². The van der Waals surface area contributed by atoms with E-state index in [0.29, 0.717) is 18.8 Å². The molecule has 0 aliphatic carbocycles. The summed E-state index contributed by atoms with van der Waals surface area (Å²) in [7, 11) is 0.322. The molecule has 0 unspecified atom stereocenters. The van der Waals surface area contributed by atoms with Crippen LogP contribution >= 0.6 is 0 Å². The molecule has 18 heavy (non-hydrogen) atoms. The number of rotatable bonds is 6. The van der Waals surface area contributed by atoms with E-state index in [1.165, 1.54) is 6.07 Å². The van der Waals surface area contributed by atoms with Crippen molar-refractivity contribution >= 4 is 15.7 Å². The lowest BCUT2D eigenvalue weighted by atomic mass is 10.1. The third kappa shape index (κ3) is 3.97. The summed E-state index contributed by atoms with van der Waals surface area (Å²) in [6.45, 7) is 3.02. The average molecular weight is 271 g/mol. The minimum Gasteiger partial charge on any atom is -0.398 e. The summed E-state index contributed by atoms with van der Waals surface area (Å²) in [5, 5.41) is 0. The van der Waals surface area contributed by atoms with Crippen molar-refractivity contribution in [3.8, 4) is 0 Å². The quantitative estimate of drug-likeness (QED) is 0.746. The number of benzene rings is 1. The largest absolute Gasteiger partial charge is 0.398 e. The minimum atomic E-state index is -3.46. The number of nitrogens with one attached hydrogen (secondary N) is 1. The Balaban J connectivity index is 2.82. The highest BCUT2D eigenvalue weighted by molar-refractivity contribution is 7.89. The van der Waals surface area contributed by atoms with Gasteiger partial charge in [0, 0.05) is 18.8 Å². The van der Waals surface area contributed by atoms with Crippen LogP contribution in [0.4, 0.5) is 5.69 Å². The monoisotopic (exact) mass is 271 g/mol. The molecule has 0 bridgehead atoms. The van der Waals surface area contributed by atoms with Crippen LogP contribution < -0.4 is 10.5 Å². The van der Waals surface area contributed by atoms with Crippen molar-refractivity contribution in [3.63, 3.8) is 0 Å². The maximum atomic E-state index is 12.0. The van der Waals surface area contributed by atoms with Gasteiger partial charge in [-0.15, -0.1) is 0 Å². The van der Waals surface area contributed by atoms with Crippen LogP contribution in [0.3, 0.4) is 0 Å². The predicted octanol–water partition coefficient (Wildman–Crippen LogP) is 0.671. The highest BCUT2D eigenvalue weighted by Crippen LogP contribution is 2.18. The first kappa shape index (κ1) is 14.9. The summed E-state index contributed by atoms with van der Waals surface area (Å²) in [4.78, 5) is 2.13. The van der Waals surface area contributed by atoms with Gasteiger partial charge in [-0.2, -0.15) is 0 Å². The van der Waals surface area contributed by atoms with E-state index in [0.717, 1.165) is 12.0 Å². The normalized spacial score (nSPS) is 12.0. The van der Waals surface area contributed by atoms with E-state index in [9.17, 15) is 8.42 Å². The number of nitrogens with zero attached hydrogens (tertiary/aromatic N) is 1. The van der Waals surface area contributed by atoms with Crippen molar-refractivity contribution in [2.24, 2.45) is 0 Å². The van der Waals surface area contributed by atoms with Gasteiger partial charge in [0.05, 0.1) is 4.90 Å². The minimum absolute atomic E-state index is 0.218. The molecule has 0 amide bonds. The molecule has 0 aliphatic heterocycles. The van der Waals surface area contributed by atoms with Gasteiger partial charge in [0.2, 0.25) is 10.0 Å². The first-order valence-corrected chi connectivity index (χ1v) is 7.38. The summed E-state index contributed by atoms with van der Waals surface area (Å²) in [5.74, 6) is 0. The molecule has 0 saturated carbocycles. The Morgan fingerprint density at radius 3 is 2.50 bits per heavy atom. The van der Waals surface area contributed by atoms with Crippen LogP contribution in [-0.2, 0) is 16.4 Å². The highest BCUT2D eigenvalue weighted by atomic mass is 32.2. The van der Waals surface area contributed by atoms with E-state index in [4.69, 9.17) is 5.73 Å². The Morgan fingerprint density at radius 2 is 2.00 bits per heavy atom. The molecule has 0 fully saturated rings. The molecule has 6 heteroatoms. The Labute approximate surface area is 109 Å². The molecule has 0 radical (unpaired) electrons. The van der Waals surface area contributed by atoms with Crippen molar-refractivity contribution in [2.45, 2.75) is 18.2 Å². The Hall–Kier alpha value is -1.11. The molecule has 1 aromatic carbocycles. The average Bonchev–Trinajstić information content (AvgIpc) is 2.28. The molecule has 0 saturated heterocycles. The zero-order chi connectivity index (χ0) is 13.8. The number of sulfonamides is 1. The van der Waals surface area contributed by atoms with E-state index in [1.807, 2.05) is 25.9 Å². The Morgan fingerprint density at radius 1 is 1.33 bits per heavy atom. The van der Waals surface area contributed by atoms with E-state index >= 15 is 0 Å². The van der Waals surface area contributed by atoms with Gasteiger partial charge in [-0.3, -0.25) is 0 Å². The maximum absolute atomic E-state index is 12.0. The summed E-state index contributed by atoms with van der Waals surface area (Å²) >= 11 is 0. The summed E-state index contributed by atoms with van der Waals surface area (Å²) in [6.07, 6.45) is 0.792. The van der Waals surface area contributed by atoms with Gasteiger partial charge in [0.25, 0.3) is 0 Å². The number of anilines is 1. The fourth-order valence-corrected chi connectivity index (χ4v) is 2.61. The van der Waals surface area contributed by atoms with E-state index in [-0.39, 0.29) is 4.90 Å². The summed E-state index contributed by atoms with van der Waals surface area (Å²) in [5.41, 5.74) is 7.29. The molecule has 1 aromatic rings. The van der Waals surface area contributed by atoms with Gasteiger partial charge < -0.3 is 10.6 Å². The second kappa shape index (κ2) is 6.17. The molecule has 102 valence electrons. The van der Waals surface area contributed by atoms with Crippen LogP contribution in [0, 0.1) is 0 Å². The summed E-state index contributed by atoms with van der Waals surface area (Å²) < 4.78 is 26.5. The van der Waals surface area contributed by atoms with Crippen molar-refractivity contribution < 1.29 is 8.42 Å².